The van der Waals surface area contributed by atoms with Gasteiger partial charge in [0, 0.05) is 37.8 Å². The van der Waals surface area contributed by atoms with Gasteiger partial charge in [-0.3, -0.25) is 9.80 Å². The van der Waals surface area contributed by atoms with E-state index in [1.165, 1.54) is 39.0 Å². The first-order valence-corrected chi connectivity index (χ1v) is 8.63. The van der Waals surface area contributed by atoms with Crippen LogP contribution in [0.5, 0.6) is 0 Å². The predicted molar refractivity (Wildman–Crippen MR) is 85.8 cm³/mol. The van der Waals surface area contributed by atoms with Crippen LogP contribution in [0.1, 0.15) is 54.4 Å². The molecule has 1 aliphatic carbocycles. The lowest BCUT2D eigenvalue weighted by Crippen LogP contribution is -2.64. The van der Waals surface area contributed by atoms with Gasteiger partial charge in [0.05, 0.1) is 0 Å². The molecule has 3 fully saturated rings. The maximum atomic E-state index is 2.82. The van der Waals surface area contributed by atoms with Gasteiger partial charge in [-0.05, 0) is 56.8 Å². The van der Waals surface area contributed by atoms with Gasteiger partial charge in [0.1, 0.15) is 0 Å². The molecule has 0 amide bonds. The average molecular weight is 278 g/mol. The maximum Gasteiger partial charge on any atom is 0.0351 e. The molecule has 0 aromatic carbocycles. The van der Waals surface area contributed by atoms with Gasteiger partial charge in [0.15, 0.2) is 0 Å². The summed E-state index contributed by atoms with van der Waals surface area (Å²) in [5.74, 6) is 2.97. The van der Waals surface area contributed by atoms with Crippen LogP contribution in [0.25, 0.3) is 0 Å². The summed E-state index contributed by atoms with van der Waals surface area (Å²) < 4.78 is 0. The van der Waals surface area contributed by atoms with Crippen molar-refractivity contribution in [2.24, 2.45) is 23.2 Å². The van der Waals surface area contributed by atoms with Gasteiger partial charge in [0.25, 0.3) is 0 Å². The SMILES string of the molecule is CC(C)(C)C1C[C@@H]2CN(C3CN(C(C)(C)C)C3)C[C@@H]2C1. The fourth-order valence-corrected chi connectivity index (χ4v) is 4.58. The number of hydrogen-bond donors (Lipinski definition) is 0. The van der Waals surface area contributed by atoms with Crippen molar-refractivity contribution in [1.29, 1.82) is 0 Å². The van der Waals surface area contributed by atoms with Crippen molar-refractivity contribution in [1.82, 2.24) is 9.80 Å². The Hall–Kier alpha value is -0.0800. The third kappa shape index (κ3) is 2.66. The van der Waals surface area contributed by atoms with Gasteiger partial charge in [-0.15, -0.1) is 0 Å². The van der Waals surface area contributed by atoms with E-state index in [0.29, 0.717) is 11.0 Å². The first-order chi connectivity index (χ1) is 9.14. The number of rotatable bonds is 1. The second-order valence-corrected chi connectivity index (χ2v) is 9.74. The Bertz CT molecular complexity index is 343. The van der Waals surface area contributed by atoms with E-state index in [4.69, 9.17) is 0 Å². The first kappa shape index (κ1) is 14.8. The fourth-order valence-electron chi connectivity index (χ4n) is 4.58. The average Bonchev–Trinajstić information content (AvgIpc) is 2.67. The van der Waals surface area contributed by atoms with Crippen molar-refractivity contribution in [3.05, 3.63) is 0 Å². The Morgan fingerprint density at radius 2 is 1.25 bits per heavy atom. The number of nitrogens with zero attached hydrogens (tertiary/aromatic N) is 2. The van der Waals surface area contributed by atoms with Gasteiger partial charge in [-0.1, -0.05) is 20.8 Å². The predicted octanol–water partition coefficient (Wildman–Crippen LogP) is 3.47. The highest BCUT2D eigenvalue weighted by Crippen LogP contribution is 2.49. The number of fused-ring (bicyclic) bond motifs is 1. The zero-order valence-electron chi connectivity index (χ0n) is 14.4. The molecule has 2 saturated heterocycles. The molecule has 0 radical (unpaired) electrons. The van der Waals surface area contributed by atoms with Crippen molar-refractivity contribution in [2.45, 2.75) is 66.0 Å². The number of likely N-dealkylation sites (tertiary alicyclic amines) is 2. The summed E-state index contributed by atoms with van der Waals surface area (Å²) in [6.07, 6.45) is 2.97. The molecule has 116 valence electrons. The number of hydrogen-bond acceptors (Lipinski definition) is 2. The lowest BCUT2D eigenvalue weighted by Gasteiger charge is -2.51. The van der Waals surface area contributed by atoms with Crippen LogP contribution in [0.15, 0.2) is 0 Å². The van der Waals surface area contributed by atoms with Gasteiger partial charge >= 0.3 is 0 Å². The molecule has 2 nitrogen and oxygen atoms in total. The Labute approximate surface area is 125 Å². The monoisotopic (exact) mass is 278 g/mol. The highest BCUT2D eigenvalue weighted by Gasteiger charge is 2.47. The summed E-state index contributed by atoms with van der Waals surface area (Å²) in [7, 11) is 0. The second-order valence-electron chi connectivity index (χ2n) is 9.74. The molecule has 0 aromatic heterocycles. The summed E-state index contributed by atoms with van der Waals surface area (Å²) in [4.78, 5) is 5.44. The minimum Gasteiger partial charge on any atom is -0.297 e. The summed E-state index contributed by atoms with van der Waals surface area (Å²) >= 11 is 0. The minimum absolute atomic E-state index is 0.365. The molecule has 2 heterocycles. The van der Waals surface area contributed by atoms with Gasteiger partial charge in [-0.25, -0.2) is 0 Å². The van der Waals surface area contributed by atoms with Crippen LogP contribution in [0.2, 0.25) is 0 Å². The molecule has 0 N–H and O–H groups in total. The highest BCUT2D eigenvalue weighted by atomic mass is 15.3. The van der Waals surface area contributed by atoms with Crippen molar-refractivity contribution in [3.63, 3.8) is 0 Å². The van der Waals surface area contributed by atoms with Crippen LogP contribution in [0, 0.1) is 23.2 Å². The Morgan fingerprint density at radius 1 is 0.750 bits per heavy atom. The fraction of sp³-hybridized carbons (Fsp3) is 1.00. The van der Waals surface area contributed by atoms with Crippen molar-refractivity contribution < 1.29 is 0 Å². The van der Waals surface area contributed by atoms with Gasteiger partial charge in [0.2, 0.25) is 0 Å². The van der Waals surface area contributed by atoms with Crippen molar-refractivity contribution in [3.8, 4) is 0 Å². The van der Waals surface area contributed by atoms with E-state index in [0.717, 1.165) is 23.8 Å². The smallest absolute Gasteiger partial charge is 0.0351 e. The van der Waals surface area contributed by atoms with E-state index in [1.807, 2.05) is 0 Å². The quantitative estimate of drug-likeness (QED) is 0.724. The Kier molecular flexibility index (Phi) is 3.49. The molecule has 1 unspecified atom stereocenters. The molecule has 2 heteroatoms. The summed E-state index contributed by atoms with van der Waals surface area (Å²) in [5, 5.41) is 0. The van der Waals surface area contributed by atoms with Crippen molar-refractivity contribution in [2.75, 3.05) is 26.2 Å². The lowest BCUT2D eigenvalue weighted by molar-refractivity contribution is -0.0173. The van der Waals surface area contributed by atoms with E-state index in [-0.39, 0.29) is 0 Å². The first-order valence-electron chi connectivity index (χ1n) is 8.63. The summed E-state index contributed by atoms with van der Waals surface area (Å²) in [5.41, 5.74) is 0.887. The molecule has 0 bridgehead atoms. The minimum atomic E-state index is 0.365. The van der Waals surface area contributed by atoms with E-state index in [9.17, 15) is 0 Å². The zero-order chi connectivity index (χ0) is 14.7. The van der Waals surface area contributed by atoms with Crippen LogP contribution in [-0.4, -0.2) is 47.6 Å². The van der Waals surface area contributed by atoms with E-state index >= 15 is 0 Å². The second kappa shape index (κ2) is 4.71. The molecule has 0 aromatic rings. The van der Waals surface area contributed by atoms with E-state index in [1.54, 1.807) is 0 Å². The van der Waals surface area contributed by atoms with Gasteiger partial charge < -0.3 is 0 Å². The van der Waals surface area contributed by atoms with Crippen molar-refractivity contribution >= 4 is 0 Å². The molecule has 0 spiro atoms. The topological polar surface area (TPSA) is 6.48 Å². The van der Waals surface area contributed by atoms with Crippen LogP contribution in [0.4, 0.5) is 0 Å². The molecule has 3 aliphatic rings. The molecular weight excluding hydrogens is 244 g/mol. The third-order valence-corrected chi connectivity index (χ3v) is 6.33. The molecule has 2 aliphatic heterocycles. The Balaban J connectivity index is 1.50. The lowest BCUT2D eigenvalue weighted by atomic mass is 9.79. The van der Waals surface area contributed by atoms with Crippen LogP contribution in [0.3, 0.4) is 0 Å². The molecule has 20 heavy (non-hydrogen) atoms. The third-order valence-electron chi connectivity index (χ3n) is 6.33. The largest absolute Gasteiger partial charge is 0.297 e. The normalized spacial score (nSPS) is 37.2. The Morgan fingerprint density at radius 3 is 1.65 bits per heavy atom. The summed E-state index contributed by atoms with van der Waals surface area (Å²) in [6.45, 7) is 19.7. The van der Waals surface area contributed by atoms with Crippen LogP contribution < -0.4 is 0 Å². The molecule has 3 rings (SSSR count). The molecular formula is C18H34N2. The molecule has 3 atom stereocenters. The highest BCUT2D eigenvalue weighted by molar-refractivity contribution is 5.01. The van der Waals surface area contributed by atoms with E-state index in [2.05, 4.69) is 51.3 Å². The molecule has 1 saturated carbocycles. The maximum absolute atomic E-state index is 2.82. The summed E-state index contributed by atoms with van der Waals surface area (Å²) in [6, 6.07) is 0.855. The zero-order valence-corrected chi connectivity index (χ0v) is 14.4. The van der Waals surface area contributed by atoms with E-state index < -0.39 is 0 Å². The van der Waals surface area contributed by atoms with Gasteiger partial charge in [-0.2, -0.15) is 0 Å². The van der Waals surface area contributed by atoms with Crippen LogP contribution >= 0.6 is 0 Å². The van der Waals surface area contributed by atoms with Crippen LogP contribution in [-0.2, 0) is 0 Å². The standard InChI is InChI=1S/C18H34N2/c1-17(2,3)15-7-13-9-19(10-14(13)8-15)16-11-20(12-16)18(4,5)6/h13-16H,7-12H2,1-6H3/t13-,14+,15?.